The molecule has 0 radical (unpaired) electrons. The molecule has 0 spiro atoms. The molecule has 2 rings (SSSR count). The molecule has 2 heterocycles. The standard InChI is InChI=1S/C10H11F3N2O2.K/c11-10(12,13)3-6-1-2-7-4-14-8(9(16)17)15(7)5-6;/h4,6H,1-3,5H2,(H,16,17);/q;+1/p-1. The van der Waals surface area contributed by atoms with Gasteiger partial charge in [-0.3, -0.25) is 0 Å². The van der Waals surface area contributed by atoms with E-state index in [9.17, 15) is 23.1 Å². The number of alkyl halides is 3. The van der Waals surface area contributed by atoms with E-state index in [1.54, 1.807) is 0 Å². The Hall–Kier alpha value is 0.106. The van der Waals surface area contributed by atoms with Crippen LogP contribution in [0.5, 0.6) is 0 Å². The summed E-state index contributed by atoms with van der Waals surface area (Å²) in [5, 5.41) is 10.7. The number of aryl methyl sites for hydroxylation is 1. The quantitative estimate of drug-likeness (QED) is 0.578. The molecule has 0 saturated heterocycles. The molecule has 0 saturated carbocycles. The minimum absolute atomic E-state index is 0. The van der Waals surface area contributed by atoms with Crippen molar-refractivity contribution in [1.82, 2.24) is 9.55 Å². The minimum atomic E-state index is -4.22. The number of hydrogen-bond acceptors (Lipinski definition) is 3. The molecule has 1 atom stereocenters. The van der Waals surface area contributed by atoms with Crippen molar-refractivity contribution in [3.63, 3.8) is 0 Å². The Labute approximate surface area is 144 Å². The summed E-state index contributed by atoms with van der Waals surface area (Å²) in [6.07, 6.45) is -2.91. The zero-order valence-electron chi connectivity index (χ0n) is 9.83. The predicted octanol–water partition coefficient (Wildman–Crippen LogP) is -2.23. The average Bonchev–Trinajstić information content (AvgIpc) is 2.57. The van der Waals surface area contributed by atoms with Crippen LogP contribution >= 0.6 is 0 Å². The number of carbonyl (C=O) groups excluding carboxylic acids is 1. The monoisotopic (exact) mass is 286 g/mol. The van der Waals surface area contributed by atoms with Crippen molar-refractivity contribution in [3.8, 4) is 0 Å². The fourth-order valence-electron chi connectivity index (χ4n) is 2.17. The van der Waals surface area contributed by atoms with Crippen LogP contribution in [0.1, 0.15) is 29.2 Å². The number of fused-ring (bicyclic) bond motifs is 1. The van der Waals surface area contributed by atoms with E-state index in [1.165, 1.54) is 10.8 Å². The third-order valence-corrected chi connectivity index (χ3v) is 2.89. The summed E-state index contributed by atoms with van der Waals surface area (Å²) in [4.78, 5) is 14.4. The van der Waals surface area contributed by atoms with E-state index in [0.717, 1.165) is 0 Å². The summed E-state index contributed by atoms with van der Waals surface area (Å²) in [6, 6.07) is 0. The summed E-state index contributed by atoms with van der Waals surface area (Å²) in [6.45, 7) is 0.0398. The molecule has 0 aromatic carbocycles. The number of carbonyl (C=O) groups is 1. The first-order valence-corrected chi connectivity index (χ1v) is 5.19. The van der Waals surface area contributed by atoms with E-state index in [1.807, 2.05) is 0 Å². The molecule has 4 nitrogen and oxygen atoms in total. The Balaban J connectivity index is 0.00000162. The Morgan fingerprint density at radius 2 is 2.22 bits per heavy atom. The van der Waals surface area contributed by atoms with Crippen molar-refractivity contribution in [2.45, 2.75) is 32.0 Å². The van der Waals surface area contributed by atoms with Crippen molar-refractivity contribution in [3.05, 3.63) is 17.7 Å². The van der Waals surface area contributed by atoms with Gasteiger partial charge in [-0.05, 0) is 18.8 Å². The Kier molecular flexibility index (Phi) is 5.42. The molecule has 0 fully saturated rings. The van der Waals surface area contributed by atoms with Crippen molar-refractivity contribution in [2.75, 3.05) is 0 Å². The second-order valence-electron chi connectivity index (χ2n) is 4.20. The molecular weight excluding hydrogens is 276 g/mol. The van der Waals surface area contributed by atoms with Gasteiger partial charge >= 0.3 is 57.6 Å². The van der Waals surface area contributed by atoms with Gasteiger partial charge in [0.25, 0.3) is 0 Å². The Bertz CT molecular complexity index is 445. The first-order valence-electron chi connectivity index (χ1n) is 5.19. The molecule has 94 valence electrons. The van der Waals surface area contributed by atoms with Crippen molar-refractivity contribution in [1.29, 1.82) is 0 Å². The maximum absolute atomic E-state index is 12.2. The summed E-state index contributed by atoms with van der Waals surface area (Å²) in [5.74, 6) is -2.33. The molecule has 1 aromatic rings. The summed E-state index contributed by atoms with van der Waals surface area (Å²) < 4.78 is 38.1. The Morgan fingerprint density at radius 1 is 1.56 bits per heavy atom. The van der Waals surface area contributed by atoms with Gasteiger partial charge in [0.15, 0.2) is 5.82 Å². The van der Waals surface area contributed by atoms with Gasteiger partial charge in [-0.25, -0.2) is 4.98 Å². The SMILES string of the molecule is O=C([O-])c1ncc2n1CC(CC(F)(F)F)CC2.[K+]. The first kappa shape index (κ1) is 16.2. The number of carboxylic acid groups (broad SMARTS) is 1. The maximum Gasteiger partial charge on any atom is 1.00 e. The average molecular weight is 286 g/mol. The van der Waals surface area contributed by atoms with E-state index < -0.39 is 24.5 Å². The zero-order chi connectivity index (χ0) is 12.6. The second kappa shape index (κ2) is 6.04. The van der Waals surface area contributed by atoms with E-state index in [2.05, 4.69) is 4.98 Å². The molecule has 8 heteroatoms. The van der Waals surface area contributed by atoms with Gasteiger partial charge in [-0.15, -0.1) is 0 Å². The maximum atomic E-state index is 12.2. The van der Waals surface area contributed by atoms with Gasteiger partial charge in [0, 0.05) is 24.9 Å². The number of aromatic carboxylic acids is 1. The molecule has 1 aromatic heterocycles. The molecule has 0 bridgehead atoms. The van der Waals surface area contributed by atoms with Crippen LogP contribution in [0, 0.1) is 5.92 Å². The summed E-state index contributed by atoms with van der Waals surface area (Å²) >= 11 is 0. The van der Waals surface area contributed by atoms with Crippen LogP contribution in [0.2, 0.25) is 0 Å². The van der Waals surface area contributed by atoms with Crippen LogP contribution in [-0.4, -0.2) is 21.7 Å². The van der Waals surface area contributed by atoms with Crippen molar-refractivity contribution >= 4 is 5.97 Å². The van der Waals surface area contributed by atoms with Crippen LogP contribution < -0.4 is 56.5 Å². The van der Waals surface area contributed by atoms with Gasteiger partial charge in [0.1, 0.15) is 5.97 Å². The van der Waals surface area contributed by atoms with Crippen molar-refractivity contribution < 1.29 is 74.5 Å². The number of nitrogens with zero attached hydrogens (tertiary/aromatic N) is 2. The number of halogens is 3. The molecular formula is C10H10F3KN2O2. The molecule has 0 N–H and O–H groups in total. The molecule has 0 aliphatic carbocycles. The molecule has 1 aliphatic heterocycles. The van der Waals surface area contributed by atoms with Crippen LogP contribution in [0.25, 0.3) is 0 Å². The van der Waals surface area contributed by atoms with E-state index >= 15 is 0 Å². The largest absolute Gasteiger partial charge is 1.00 e. The first-order chi connectivity index (χ1) is 7.87. The van der Waals surface area contributed by atoms with Gasteiger partial charge in [-0.1, -0.05) is 0 Å². The minimum Gasteiger partial charge on any atom is -0.542 e. The number of imidazole rings is 1. The zero-order valence-corrected chi connectivity index (χ0v) is 13.0. The fourth-order valence-corrected chi connectivity index (χ4v) is 2.17. The fraction of sp³-hybridized carbons (Fsp3) is 0.600. The van der Waals surface area contributed by atoms with Crippen molar-refractivity contribution in [2.24, 2.45) is 5.92 Å². The van der Waals surface area contributed by atoms with Gasteiger partial charge in [-0.2, -0.15) is 13.2 Å². The summed E-state index contributed by atoms with van der Waals surface area (Å²) in [5.41, 5.74) is 0.655. The summed E-state index contributed by atoms with van der Waals surface area (Å²) in [7, 11) is 0. The van der Waals surface area contributed by atoms with E-state index in [0.29, 0.717) is 18.5 Å². The second-order valence-corrected chi connectivity index (χ2v) is 4.20. The van der Waals surface area contributed by atoms with Gasteiger partial charge in [0.05, 0.1) is 0 Å². The predicted molar refractivity (Wildman–Crippen MR) is 49.0 cm³/mol. The number of carboxylic acids is 1. The third-order valence-electron chi connectivity index (χ3n) is 2.89. The number of rotatable bonds is 2. The van der Waals surface area contributed by atoms with Crippen LogP contribution in [0.3, 0.4) is 0 Å². The molecule has 1 aliphatic rings. The number of aromatic nitrogens is 2. The third kappa shape index (κ3) is 3.80. The topological polar surface area (TPSA) is 57.9 Å². The van der Waals surface area contributed by atoms with Crippen LogP contribution in [-0.2, 0) is 13.0 Å². The van der Waals surface area contributed by atoms with Crippen LogP contribution in [0.4, 0.5) is 13.2 Å². The molecule has 1 unspecified atom stereocenters. The van der Waals surface area contributed by atoms with E-state index in [4.69, 9.17) is 0 Å². The van der Waals surface area contributed by atoms with Gasteiger partial charge in [0.2, 0.25) is 0 Å². The van der Waals surface area contributed by atoms with E-state index in [-0.39, 0.29) is 63.8 Å². The van der Waals surface area contributed by atoms with Crippen LogP contribution in [0.15, 0.2) is 6.20 Å². The Morgan fingerprint density at radius 3 is 2.78 bits per heavy atom. The van der Waals surface area contributed by atoms with Gasteiger partial charge < -0.3 is 14.5 Å². The normalized spacial score (nSPS) is 18.9. The number of hydrogen-bond donors (Lipinski definition) is 0. The smallest absolute Gasteiger partial charge is 0.542 e. The molecule has 0 amide bonds. The molecule has 18 heavy (non-hydrogen) atoms.